The third-order valence-corrected chi connectivity index (χ3v) is 1.48. The Bertz CT molecular complexity index is 254. The van der Waals surface area contributed by atoms with E-state index in [0.29, 0.717) is 0 Å². The van der Waals surface area contributed by atoms with Crippen LogP contribution in [0.5, 0.6) is 0 Å². The van der Waals surface area contributed by atoms with Gasteiger partial charge in [0.25, 0.3) is 7.41 Å². The maximum Gasteiger partial charge on any atom is 0.287 e. The third kappa shape index (κ3) is 3.76. The smallest absolute Gasteiger partial charge is 0.287 e. The van der Waals surface area contributed by atoms with Crippen LogP contribution in [0.2, 0.25) is 0 Å². The largest absolute Gasteiger partial charge is 0.348 e. The summed E-state index contributed by atoms with van der Waals surface area (Å²) in [4.78, 5) is 3.85. The fourth-order valence-corrected chi connectivity index (χ4v) is 0.839. The maximum absolute atomic E-state index is 3.85. The SMILES string of the molecule is B1C=CC=N1.Cc1ccccc1. The highest BCUT2D eigenvalue weighted by Gasteiger charge is 1.77. The van der Waals surface area contributed by atoms with Crippen molar-refractivity contribution in [2.24, 2.45) is 4.90 Å². The van der Waals surface area contributed by atoms with Gasteiger partial charge in [0.05, 0.1) is 0 Å². The minimum atomic E-state index is 0.889. The molecule has 1 aromatic carbocycles. The van der Waals surface area contributed by atoms with Gasteiger partial charge in [-0.05, 0) is 6.92 Å². The van der Waals surface area contributed by atoms with Crippen LogP contribution in [0.15, 0.2) is 47.3 Å². The lowest BCUT2D eigenvalue weighted by Gasteiger charge is -1.82. The van der Waals surface area contributed by atoms with Gasteiger partial charge in [-0.15, -0.1) is 0 Å². The minimum absolute atomic E-state index is 0.889. The van der Waals surface area contributed by atoms with E-state index in [1.54, 1.807) is 6.21 Å². The molecule has 0 aliphatic carbocycles. The maximum atomic E-state index is 3.85. The van der Waals surface area contributed by atoms with Crippen molar-refractivity contribution in [2.75, 3.05) is 0 Å². The summed E-state index contributed by atoms with van der Waals surface area (Å²) in [6.45, 7) is 2.08. The normalized spacial score (nSPS) is 11.8. The molecule has 1 heterocycles. The predicted octanol–water partition coefficient (Wildman–Crippen LogP) is 1.93. The Morgan fingerprint density at radius 3 is 2.17 bits per heavy atom. The fourth-order valence-electron chi connectivity index (χ4n) is 0.839. The van der Waals surface area contributed by atoms with Gasteiger partial charge in [-0.25, -0.2) is 0 Å². The molecule has 0 N–H and O–H groups in total. The summed E-state index contributed by atoms with van der Waals surface area (Å²) in [6, 6.07) is 10.3. The number of nitrogens with zero attached hydrogens (tertiary/aromatic N) is 1. The molecule has 0 unspecified atom stereocenters. The molecule has 2 rings (SSSR count). The van der Waals surface area contributed by atoms with E-state index >= 15 is 0 Å². The Morgan fingerprint density at radius 1 is 1.17 bits per heavy atom. The molecule has 1 aliphatic rings. The molecule has 1 aromatic rings. The van der Waals surface area contributed by atoms with Crippen molar-refractivity contribution in [3.05, 3.63) is 47.9 Å². The van der Waals surface area contributed by atoms with Gasteiger partial charge in [0, 0.05) is 6.21 Å². The molecule has 12 heavy (non-hydrogen) atoms. The Kier molecular flexibility index (Phi) is 3.92. The molecule has 0 fully saturated rings. The van der Waals surface area contributed by atoms with E-state index in [0.717, 1.165) is 7.41 Å². The molecular weight excluding hydrogens is 145 g/mol. The van der Waals surface area contributed by atoms with Crippen LogP contribution < -0.4 is 0 Å². The Labute approximate surface area is 74.1 Å². The number of hydrogen-bond donors (Lipinski definition) is 0. The van der Waals surface area contributed by atoms with Crippen molar-refractivity contribution in [2.45, 2.75) is 6.92 Å². The summed E-state index contributed by atoms with van der Waals surface area (Å²) in [5.74, 6) is 2.01. The minimum Gasteiger partial charge on any atom is -0.348 e. The molecule has 0 saturated carbocycles. The molecule has 0 bridgehead atoms. The van der Waals surface area contributed by atoms with Crippen LogP contribution in [0.25, 0.3) is 0 Å². The van der Waals surface area contributed by atoms with Gasteiger partial charge in [-0.3, -0.25) is 0 Å². The molecule has 0 saturated heterocycles. The summed E-state index contributed by atoms with van der Waals surface area (Å²) in [5, 5.41) is 0. The van der Waals surface area contributed by atoms with Crippen LogP contribution in [0.1, 0.15) is 5.56 Å². The van der Waals surface area contributed by atoms with E-state index in [-0.39, 0.29) is 0 Å². The van der Waals surface area contributed by atoms with E-state index in [1.165, 1.54) is 5.56 Å². The summed E-state index contributed by atoms with van der Waals surface area (Å²) in [5.41, 5.74) is 1.32. The monoisotopic (exact) mass is 157 g/mol. The van der Waals surface area contributed by atoms with E-state index < -0.39 is 0 Å². The summed E-state index contributed by atoms with van der Waals surface area (Å²) in [7, 11) is 0.889. The van der Waals surface area contributed by atoms with Crippen molar-refractivity contribution in [1.82, 2.24) is 0 Å². The highest BCUT2D eigenvalue weighted by Crippen LogP contribution is 1.92. The number of hydrogen-bond acceptors (Lipinski definition) is 1. The Morgan fingerprint density at radius 2 is 1.92 bits per heavy atom. The first kappa shape index (κ1) is 8.79. The molecule has 0 spiro atoms. The van der Waals surface area contributed by atoms with Crippen LogP contribution in [-0.4, -0.2) is 13.6 Å². The first-order valence-electron chi connectivity index (χ1n) is 4.06. The van der Waals surface area contributed by atoms with Crippen LogP contribution in [-0.2, 0) is 0 Å². The summed E-state index contributed by atoms with van der Waals surface area (Å²) < 4.78 is 0. The Balaban J connectivity index is 0.000000127. The van der Waals surface area contributed by atoms with Crippen molar-refractivity contribution in [3.63, 3.8) is 0 Å². The van der Waals surface area contributed by atoms with Gasteiger partial charge >= 0.3 is 0 Å². The lowest BCUT2D eigenvalue weighted by atomic mass is 10.00. The zero-order chi connectivity index (χ0) is 8.65. The summed E-state index contributed by atoms with van der Waals surface area (Å²) in [6.07, 6.45) is 3.75. The van der Waals surface area contributed by atoms with Crippen LogP contribution in [0.3, 0.4) is 0 Å². The quantitative estimate of drug-likeness (QED) is 0.510. The molecule has 0 atom stereocenters. The first-order valence-corrected chi connectivity index (χ1v) is 4.06. The highest BCUT2D eigenvalue weighted by molar-refractivity contribution is 6.44. The van der Waals surface area contributed by atoms with Crippen molar-refractivity contribution < 1.29 is 0 Å². The lowest BCUT2D eigenvalue weighted by molar-refractivity contribution is 1.48. The predicted molar refractivity (Wildman–Crippen MR) is 56.0 cm³/mol. The van der Waals surface area contributed by atoms with Crippen molar-refractivity contribution in [3.8, 4) is 0 Å². The van der Waals surface area contributed by atoms with E-state index in [1.807, 2.05) is 30.3 Å². The lowest BCUT2D eigenvalue weighted by Crippen LogP contribution is -1.63. The topological polar surface area (TPSA) is 12.4 Å². The van der Waals surface area contributed by atoms with Gasteiger partial charge in [0.2, 0.25) is 0 Å². The van der Waals surface area contributed by atoms with Crippen molar-refractivity contribution in [1.29, 1.82) is 0 Å². The molecular formula is C10H12BN. The zero-order valence-corrected chi connectivity index (χ0v) is 7.27. The average Bonchev–Trinajstić information content (AvgIpc) is 2.62. The van der Waals surface area contributed by atoms with Gasteiger partial charge < -0.3 is 4.90 Å². The molecule has 0 aromatic heterocycles. The van der Waals surface area contributed by atoms with Crippen LogP contribution >= 0.6 is 0 Å². The van der Waals surface area contributed by atoms with Gasteiger partial charge in [-0.2, -0.15) is 0 Å². The number of rotatable bonds is 0. The average molecular weight is 157 g/mol. The van der Waals surface area contributed by atoms with Gasteiger partial charge in [0.1, 0.15) is 0 Å². The third-order valence-electron chi connectivity index (χ3n) is 1.48. The molecule has 0 amide bonds. The molecule has 2 heteroatoms. The highest BCUT2D eigenvalue weighted by atomic mass is 14.6. The van der Waals surface area contributed by atoms with Crippen LogP contribution in [0.4, 0.5) is 0 Å². The second kappa shape index (κ2) is 5.36. The van der Waals surface area contributed by atoms with E-state index in [9.17, 15) is 0 Å². The van der Waals surface area contributed by atoms with E-state index in [2.05, 4.69) is 24.0 Å². The zero-order valence-electron chi connectivity index (χ0n) is 7.27. The van der Waals surface area contributed by atoms with Crippen molar-refractivity contribution >= 4 is 13.6 Å². The number of aryl methyl sites for hydroxylation is 1. The molecule has 0 radical (unpaired) electrons. The van der Waals surface area contributed by atoms with Gasteiger partial charge in [0.15, 0.2) is 0 Å². The molecule has 1 nitrogen and oxygen atoms in total. The molecule has 1 aliphatic heterocycles. The second-order valence-electron chi connectivity index (χ2n) is 2.60. The molecule has 60 valence electrons. The number of allylic oxidation sites excluding steroid dienone is 1. The second-order valence-corrected chi connectivity index (χ2v) is 2.60. The number of benzene rings is 1. The van der Waals surface area contributed by atoms with E-state index in [4.69, 9.17) is 0 Å². The fraction of sp³-hybridized carbons (Fsp3) is 0.100. The first-order chi connectivity index (χ1) is 5.89. The standard InChI is InChI=1S/C7H8.C3H4BN/c1-7-5-3-2-4-6-7;1-2-4-5-3-1/h2-6H,1H3;1-4H. The van der Waals surface area contributed by atoms with Gasteiger partial charge in [-0.1, -0.05) is 47.9 Å². The van der Waals surface area contributed by atoms with Crippen LogP contribution in [0, 0.1) is 6.92 Å². The summed E-state index contributed by atoms with van der Waals surface area (Å²) >= 11 is 0. The Hall–Kier alpha value is -1.31.